The standard InChI is InChI=1S/C14H22N2S/c1-9-7-10(2)14-13(8-9)17-12(5-6-15)11(3)16(14)4/h7-8,11-12H,5-6,15H2,1-4H3. The molecule has 1 aliphatic heterocycles. The highest BCUT2D eigenvalue weighted by Gasteiger charge is 2.30. The molecule has 2 nitrogen and oxygen atoms in total. The number of benzene rings is 1. The Morgan fingerprint density at radius 1 is 1.35 bits per heavy atom. The average Bonchev–Trinajstić information content (AvgIpc) is 2.24. The average molecular weight is 250 g/mol. The van der Waals surface area contributed by atoms with E-state index >= 15 is 0 Å². The van der Waals surface area contributed by atoms with Crippen molar-refractivity contribution < 1.29 is 0 Å². The van der Waals surface area contributed by atoms with Crippen LogP contribution in [0.3, 0.4) is 0 Å². The fourth-order valence-corrected chi connectivity index (χ4v) is 4.27. The zero-order valence-corrected chi connectivity index (χ0v) is 12.0. The Morgan fingerprint density at radius 3 is 2.71 bits per heavy atom. The molecule has 1 heterocycles. The SMILES string of the molecule is Cc1cc(C)c2c(c1)SC(CCN)C(C)N2C. The summed E-state index contributed by atoms with van der Waals surface area (Å²) in [6.07, 6.45) is 1.09. The van der Waals surface area contributed by atoms with E-state index in [0.717, 1.165) is 13.0 Å². The Kier molecular flexibility index (Phi) is 3.69. The van der Waals surface area contributed by atoms with E-state index < -0.39 is 0 Å². The molecule has 0 amide bonds. The van der Waals surface area contributed by atoms with Crippen LogP contribution in [0.15, 0.2) is 17.0 Å². The second-order valence-electron chi connectivity index (χ2n) is 5.01. The second kappa shape index (κ2) is 4.91. The molecule has 0 fully saturated rings. The van der Waals surface area contributed by atoms with E-state index in [1.807, 2.05) is 11.8 Å². The predicted molar refractivity (Wildman–Crippen MR) is 77.1 cm³/mol. The third-order valence-electron chi connectivity index (χ3n) is 3.64. The van der Waals surface area contributed by atoms with E-state index in [1.54, 1.807) is 0 Å². The van der Waals surface area contributed by atoms with Gasteiger partial charge in [0.05, 0.1) is 5.69 Å². The van der Waals surface area contributed by atoms with Gasteiger partial charge >= 0.3 is 0 Å². The Hall–Kier alpha value is -0.670. The minimum atomic E-state index is 0.553. The Balaban J connectivity index is 2.41. The highest BCUT2D eigenvalue weighted by Crippen LogP contribution is 2.44. The first-order chi connectivity index (χ1) is 8.04. The van der Waals surface area contributed by atoms with Crippen LogP contribution in [0.25, 0.3) is 0 Å². The van der Waals surface area contributed by atoms with Crippen molar-refractivity contribution in [3.05, 3.63) is 23.3 Å². The van der Waals surface area contributed by atoms with Gasteiger partial charge in [0.15, 0.2) is 0 Å². The summed E-state index contributed by atoms with van der Waals surface area (Å²) >= 11 is 2.00. The third-order valence-corrected chi connectivity index (χ3v) is 5.14. The van der Waals surface area contributed by atoms with Crippen molar-refractivity contribution in [1.82, 2.24) is 0 Å². The molecule has 94 valence electrons. The van der Waals surface area contributed by atoms with E-state index in [2.05, 4.69) is 44.9 Å². The fraction of sp³-hybridized carbons (Fsp3) is 0.571. The van der Waals surface area contributed by atoms with Crippen LogP contribution in [0.5, 0.6) is 0 Å². The van der Waals surface area contributed by atoms with Crippen molar-refractivity contribution in [2.24, 2.45) is 5.73 Å². The number of thioether (sulfide) groups is 1. The molecule has 0 aliphatic carbocycles. The molecule has 1 aliphatic rings. The molecule has 0 bridgehead atoms. The van der Waals surface area contributed by atoms with Crippen molar-refractivity contribution in [3.8, 4) is 0 Å². The molecule has 1 aromatic carbocycles. The molecule has 2 rings (SSSR count). The third kappa shape index (κ3) is 2.31. The molecular weight excluding hydrogens is 228 g/mol. The molecule has 1 aromatic rings. The van der Waals surface area contributed by atoms with Gasteiger partial charge in [-0.1, -0.05) is 6.07 Å². The first-order valence-electron chi connectivity index (χ1n) is 6.25. The summed E-state index contributed by atoms with van der Waals surface area (Å²) in [5, 5.41) is 0.610. The number of hydrogen-bond acceptors (Lipinski definition) is 3. The van der Waals surface area contributed by atoms with Crippen LogP contribution >= 0.6 is 11.8 Å². The molecule has 0 radical (unpaired) electrons. The maximum Gasteiger partial charge on any atom is 0.0534 e. The van der Waals surface area contributed by atoms with Crippen LogP contribution < -0.4 is 10.6 Å². The summed E-state index contributed by atoms with van der Waals surface area (Å²) in [6.45, 7) is 7.45. The minimum Gasteiger partial charge on any atom is -0.370 e. The van der Waals surface area contributed by atoms with E-state index in [4.69, 9.17) is 5.73 Å². The van der Waals surface area contributed by atoms with Crippen molar-refractivity contribution >= 4 is 17.4 Å². The minimum absolute atomic E-state index is 0.553. The van der Waals surface area contributed by atoms with Crippen molar-refractivity contribution in [3.63, 3.8) is 0 Å². The summed E-state index contributed by atoms with van der Waals surface area (Å²) < 4.78 is 0. The normalized spacial score (nSPS) is 23.7. The van der Waals surface area contributed by atoms with Gasteiger partial charge in [0.2, 0.25) is 0 Å². The Labute approximate surface area is 109 Å². The van der Waals surface area contributed by atoms with Gasteiger partial charge in [-0.2, -0.15) is 0 Å². The van der Waals surface area contributed by atoms with Gasteiger partial charge in [-0.15, -0.1) is 11.8 Å². The first-order valence-corrected chi connectivity index (χ1v) is 7.13. The van der Waals surface area contributed by atoms with E-state index in [-0.39, 0.29) is 0 Å². The number of nitrogens with zero attached hydrogens (tertiary/aromatic N) is 1. The Bertz CT molecular complexity index is 417. The number of hydrogen-bond donors (Lipinski definition) is 1. The highest BCUT2D eigenvalue weighted by molar-refractivity contribution is 8.00. The van der Waals surface area contributed by atoms with Crippen LogP contribution in [0, 0.1) is 13.8 Å². The van der Waals surface area contributed by atoms with Gasteiger partial charge in [0, 0.05) is 23.2 Å². The van der Waals surface area contributed by atoms with Gasteiger partial charge in [0.25, 0.3) is 0 Å². The lowest BCUT2D eigenvalue weighted by Crippen LogP contribution is -2.41. The largest absolute Gasteiger partial charge is 0.370 e. The molecule has 0 spiro atoms. The molecule has 2 unspecified atom stereocenters. The van der Waals surface area contributed by atoms with Crippen molar-refractivity contribution in [2.75, 3.05) is 18.5 Å². The second-order valence-corrected chi connectivity index (χ2v) is 6.29. The molecule has 0 saturated carbocycles. The first kappa shape index (κ1) is 12.8. The quantitative estimate of drug-likeness (QED) is 0.875. The maximum atomic E-state index is 5.71. The number of nitrogens with two attached hydrogens (primary N) is 1. The molecular formula is C14H22N2S. The summed E-state index contributed by atoms with van der Waals surface area (Å²) in [6, 6.07) is 5.13. The fourth-order valence-electron chi connectivity index (χ4n) is 2.64. The van der Waals surface area contributed by atoms with E-state index in [0.29, 0.717) is 11.3 Å². The van der Waals surface area contributed by atoms with E-state index in [1.165, 1.54) is 21.7 Å². The van der Waals surface area contributed by atoms with Gasteiger partial charge in [0.1, 0.15) is 0 Å². The van der Waals surface area contributed by atoms with Gasteiger partial charge < -0.3 is 10.6 Å². The number of fused-ring (bicyclic) bond motifs is 1. The van der Waals surface area contributed by atoms with Crippen molar-refractivity contribution in [1.29, 1.82) is 0 Å². The van der Waals surface area contributed by atoms with Crippen LogP contribution in [-0.2, 0) is 0 Å². The summed E-state index contributed by atoms with van der Waals surface area (Å²) in [7, 11) is 2.20. The number of aryl methyl sites for hydroxylation is 2. The van der Waals surface area contributed by atoms with Crippen LogP contribution in [0.4, 0.5) is 5.69 Å². The van der Waals surface area contributed by atoms with Crippen molar-refractivity contribution in [2.45, 2.75) is 43.4 Å². The van der Waals surface area contributed by atoms with Gasteiger partial charge in [-0.3, -0.25) is 0 Å². The van der Waals surface area contributed by atoms with Gasteiger partial charge in [-0.25, -0.2) is 0 Å². The van der Waals surface area contributed by atoms with Crippen LogP contribution in [0.1, 0.15) is 24.5 Å². The highest BCUT2D eigenvalue weighted by atomic mass is 32.2. The maximum absolute atomic E-state index is 5.71. The molecule has 2 N–H and O–H groups in total. The lowest BCUT2D eigenvalue weighted by molar-refractivity contribution is 0.602. The molecule has 3 heteroatoms. The Morgan fingerprint density at radius 2 is 2.06 bits per heavy atom. The molecule has 2 atom stereocenters. The zero-order valence-electron chi connectivity index (χ0n) is 11.2. The lowest BCUT2D eigenvalue weighted by Gasteiger charge is -2.40. The lowest BCUT2D eigenvalue weighted by atomic mass is 10.1. The summed E-state index contributed by atoms with van der Waals surface area (Å²) in [4.78, 5) is 3.84. The predicted octanol–water partition coefficient (Wildman–Crippen LogP) is 2.95. The molecule has 0 aromatic heterocycles. The topological polar surface area (TPSA) is 29.3 Å². The van der Waals surface area contributed by atoms with Crippen LogP contribution in [-0.4, -0.2) is 24.9 Å². The molecule has 17 heavy (non-hydrogen) atoms. The smallest absolute Gasteiger partial charge is 0.0534 e. The molecule has 0 saturated heterocycles. The monoisotopic (exact) mass is 250 g/mol. The number of rotatable bonds is 2. The zero-order chi connectivity index (χ0) is 12.6. The van der Waals surface area contributed by atoms with E-state index in [9.17, 15) is 0 Å². The number of anilines is 1. The summed E-state index contributed by atoms with van der Waals surface area (Å²) in [5.41, 5.74) is 9.85. The van der Waals surface area contributed by atoms with Gasteiger partial charge in [-0.05, 0) is 50.9 Å². The summed E-state index contributed by atoms with van der Waals surface area (Å²) in [5.74, 6) is 0. The van der Waals surface area contributed by atoms with Crippen LogP contribution in [0.2, 0.25) is 0 Å².